The third-order valence-corrected chi connectivity index (χ3v) is 4.50. The molecule has 4 aromatic rings. The molecule has 0 radical (unpaired) electrons. The summed E-state index contributed by atoms with van der Waals surface area (Å²) in [5, 5.41) is 29.3. The van der Waals surface area contributed by atoms with Gasteiger partial charge < -0.3 is 10.8 Å². The van der Waals surface area contributed by atoms with Gasteiger partial charge in [0.2, 0.25) is 11.6 Å². The Morgan fingerprint density at radius 3 is 2.74 bits per heavy atom. The van der Waals surface area contributed by atoms with E-state index >= 15 is 0 Å². The van der Waals surface area contributed by atoms with E-state index in [1.165, 1.54) is 29.1 Å². The molecule has 1 amide bonds. The zero-order valence-electron chi connectivity index (χ0n) is 16.0. The molecular formula is C19H15ClN8O3. The van der Waals surface area contributed by atoms with Gasteiger partial charge >= 0.3 is 0 Å². The third-order valence-electron chi connectivity index (χ3n) is 4.27. The number of aromatic nitrogens is 5. The number of nitrogens with zero attached hydrogens (tertiary/aromatic N) is 6. The second kappa shape index (κ2) is 8.24. The average Bonchev–Trinajstić information content (AvgIpc) is 3.37. The van der Waals surface area contributed by atoms with Crippen molar-refractivity contribution in [3.05, 3.63) is 64.3 Å². The monoisotopic (exact) mass is 438 g/mol. The lowest BCUT2D eigenvalue weighted by Gasteiger charge is -2.06. The summed E-state index contributed by atoms with van der Waals surface area (Å²) in [6.07, 6.45) is 1.26. The summed E-state index contributed by atoms with van der Waals surface area (Å²) in [6.45, 7) is 1.94. The van der Waals surface area contributed by atoms with Gasteiger partial charge in [-0.05, 0) is 35.4 Å². The number of halogens is 1. The molecule has 2 aromatic carbocycles. The molecule has 0 fully saturated rings. The van der Waals surface area contributed by atoms with Crippen LogP contribution in [-0.2, 0) is 0 Å². The molecule has 0 spiro atoms. The van der Waals surface area contributed by atoms with Crippen molar-refractivity contribution in [1.29, 1.82) is 0 Å². The van der Waals surface area contributed by atoms with Crippen LogP contribution in [0.15, 0.2) is 52.2 Å². The highest BCUT2D eigenvalue weighted by Gasteiger charge is 2.25. The van der Waals surface area contributed by atoms with E-state index in [2.05, 4.69) is 35.8 Å². The number of rotatable bonds is 5. The predicted molar refractivity (Wildman–Crippen MR) is 112 cm³/mol. The fourth-order valence-corrected chi connectivity index (χ4v) is 2.91. The van der Waals surface area contributed by atoms with Gasteiger partial charge in [0.15, 0.2) is 5.69 Å². The lowest BCUT2D eigenvalue weighted by atomic mass is 10.1. The quantitative estimate of drug-likeness (QED) is 0.316. The Morgan fingerprint density at radius 1 is 1.26 bits per heavy atom. The largest absolute Gasteiger partial charge is 0.507 e. The van der Waals surface area contributed by atoms with Gasteiger partial charge in [-0.15, -0.1) is 5.10 Å². The number of nitrogens with two attached hydrogens (primary N) is 1. The number of aromatic hydroxyl groups is 1. The fraction of sp³-hybridized carbons (Fsp3) is 0.0526. The maximum Gasteiger partial charge on any atom is 0.294 e. The molecule has 2 heterocycles. The first-order valence-corrected chi connectivity index (χ1v) is 9.25. The number of hydrogen-bond donors (Lipinski definition) is 3. The van der Waals surface area contributed by atoms with Gasteiger partial charge in [-0.1, -0.05) is 46.6 Å². The zero-order chi connectivity index (χ0) is 22.0. The van der Waals surface area contributed by atoms with Crippen LogP contribution in [-0.4, -0.2) is 42.5 Å². The number of hydrogen-bond acceptors (Lipinski definition) is 9. The minimum atomic E-state index is -0.644. The molecule has 0 bridgehead atoms. The number of phenolic OH excluding ortho intramolecular Hbond substituents is 1. The molecule has 0 aliphatic carbocycles. The molecule has 0 saturated heterocycles. The van der Waals surface area contributed by atoms with Crippen molar-refractivity contribution in [3.63, 3.8) is 0 Å². The topological polar surface area (TPSA) is 157 Å². The molecular weight excluding hydrogens is 424 g/mol. The van der Waals surface area contributed by atoms with Crippen LogP contribution in [0.1, 0.15) is 21.6 Å². The van der Waals surface area contributed by atoms with Gasteiger partial charge in [-0.3, -0.25) is 4.79 Å². The van der Waals surface area contributed by atoms with E-state index < -0.39 is 5.91 Å². The normalized spacial score (nSPS) is 11.2. The van der Waals surface area contributed by atoms with E-state index in [-0.39, 0.29) is 23.1 Å². The van der Waals surface area contributed by atoms with Crippen LogP contribution in [0, 0.1) is 6.92 Å². The number of anilines is 1. The lowest BCUT2D eigenvalue weighted by Crippen LogP contribution is -2.19. The van der Waals surface area contributed by atoms with Crippen LogP contribution < -0.4 is 11.2 Å². The minimum absolute atomic E-state index is 0.0142. The van der Waals surface area contributed by atoms with Crippen LogP contribution in [0.25, 0.3) is 17.1 Å². The van der Waals surface area contributed by atoms with E-state index in [1.54, 1.807) is 12.1 Å². The number of nitrogen functional groups attached to an aromatic ring is 1. The predicted octanol–water partition coefficient (Wildman–Crippen LogP) is 2.33. The van der Waals surface area contributed by atoms with E-state index in [0.717, 1.165) is 5.56 Å². The van der Waals surface area contributed by atoms with Crippen LogP contribution >= 0.6 is 11.6 Å². The van der Waals surface area contributed by atoms with Crippen molar-refractivity contribution >= 4 is 29.5 Å². The van der Waals surface area contributed by atoms with Gasteiger partial charge in [-0.2, -0.15) is 9.78 Å². The third kappa shape index (κ3) is 4.07. The number of carbonyl (C=O) groups is 1. The lowest BCUT2D eigenvalue weighted by molar-refractivity contribution is 0.0950. The number of benzene rings is 2. The first kappa shape index (κ1) is 20.0. The average molecular weight is 439 g/mol. The molecule has 0 aliphatic heterocycles. The number of nitrogens with one attached hydrogen (secondary N) is 1. The first-order valence-electron chi connectivity index (χ1n) is 8.87. The smallest absolute Gasteiger partial charge is 0.294 e. The van der Waals surface area contributed by atoms with Gasteiger partial charge in [-0.25, -0.2) is 10.1 Å². The van der Waals surface area contributed by atoms with Crippen molar-refractivity contribution in [2.75, 3.05) is 5.73 Å². The molecule has 0 unspecified atom stereocenters. The molecule has 4 rings (SSSR count). The van der Waals surface area contributed by atoms with Crippen molar-refractivity contribution < 1.29 is 14.5 Å². The number of carbonyl (C=O) groups excluding carboxylic acids is 1. The maximum absolute atomic E-state index is 12.8. The minimum Gasteiger partial charge on any atom is -0.507 e. The van der Waals surface area contributed by atoms with Gasteiger partial charge in [0.1, 0.15) is 11.4 Å². The molecule has 156 valence electrons. The van der Waals surface area contributed by atoms with Gasteiger partial charge in [0, 0.05) is 16.1 Å². The standard InChI is InChI=1S/C19H15ClN8O3/c1-10-2-4-11(5-3-10)16-15(23-27-28(16)18-17(21)25-31-26-18)19(30)24-22-9-12-8-13(20)6-7-14(12)29/h2-9,29H,1H3,(H2,21,25)(H,24,30)/b22-9-. The Hall–Kier alpha value is -4.25. The second-order valence-electron chi connectivity index (χ2n) is 6.44. The summed E-state index contributed by atoms with van der Waals surface area (Å²) < 4.78 is 5.90. The van der Waals surface area contributed by atoms with Crippen molar-refractivity contribution in [3.8, 4) is 22.8 Å². The Labute approximate surface area is 180 Å². The first-order chi connectivity index (χ1) is 14.9. The number of aryl methyl sites for hydroxylation is 1. The number of hydrazone groups is 1. The van der Waals surface area contributed by atoms with Crippen LogP contribution in [0.4, 0.5) is 5.82 Å². The Kier molecular flexibility index (Phi) is 5.33. The van der Waals surface area contributed by atoms with E-state index in [9.17, 15) is 9.90 Å². The summed E-state index contributed by atoms with van der Waals surface area (Å²) in [6, 6.07) is 11.8. The second-order valence-corrected chi connectivity index (χ2v) is 6.88. The molecule has 12 heteroatoms. The molecule has 0 atom stereocenters. The van der Waals surface area contributed by atoms with E-state index in [0.29, 0.717) is 21.8 Å². The highest BCUT2D eigenvalue weighted by Crippen LogP contribution is 2.26. The zero-order valence-corrected chi connectivity index (χ0v) is 16.8. The molecule has 0 aliphatic rings. The van der Waals surface area contributed by atoms with E-state index in [1.807, 2.05) is 19.1 Å². The van der Waals surface area contributed by atoms with Crippen LogP contribution in [0.3, 0.4) is 0 Å². The fourth-order valence-electron chi connectivity index (χ4n) is 2.73. The molecule has 2 aromatic heterocycles. The molecule has 0 saturated carbocycles. The summed E-state index contributed by atoms with van der Waals surface area (Å²) in [5.74, 6) is -0.605. The van der Waals surface area contributed by atoms with E-state index in [4.69, 9.17) is 17.3 Å². The summed E-state index contributed by atoms with van der Waals surface area (Å²) >= 11 is 5.91. The summed E-state index contributed by atoms with van der Waals surface area (Å²) in [7, 11) is 0. The summed E-state index contributed by atoms with van der Waals surface area (Å²) in [4.78, 5) is 12.8. The van der Waals surface area contributed by atoms with Crippen LogP contribution in [0.5, 0.6) is 5.75 Å². The molecule has 4 N–H and O–H groups in total. The molecule has 11 nitrogen and oxygen atoms in total. The maximum atomic E-state index is 12.8. The number of phenols is 1. The Bertz CT molecular complexity index is 1280. The highest BCUT2D eigenvalue weighted by atomic mass is 35.5. The van der Waals surface area contributed by atoms with Crippen molar-refractivity contribution in [2.24, 2.45) is 5.10 Å². The SMILES string of the molecule is Cc1ccc(-c2c(C(=O)N/N=C\c3cc(Cl)ccc3O)nnn2-c2nonc2N)cc1. The Morgan fingerprint density at radius 2 is 2.03 bits per heavy atom. The van der Waals surface area contributed by atoms with Gasteiger partial charge in [0.25, 0.3) is 5.91 Å². The molecule has 31 heavy (non-hydrogen) atoms. The van der Waals surface area contributed by atoms with Crippen molar-refractivity contribution in [1.82, 2.24) is 30.7 Å². The van der Waals surface area contributed by atoms with Crippen molar-refractivity contribution in [2.45, 2.75) is 6.92 Å². The van der Waals surface area contributed by atoms with Crippen LogP contribution in [0.2, 0.25) is 5.02 Å². The highest BCUT2D eigenvalue weighted by molar-refractivity contribution is 6.30. The summed E-state index contributed by atoms with van der Waals surface area (Å²) in [5.41, 5.74) is 10.4. The Balaban J connectivity index is 1.69. The number of amides is 1. The van der Waals surface area contributed by atoms with Gasteiger partial charge in [0.05, 0.1) is 6.21 Å².